The maximum Gasteiger partial charge on any atom is 0.0941 e. The molecule has 0 spiro atoms. The van der Waals surface area contributed by atoms with Crippen LogP contribution in [-0.2, 0) is 0 Å². The second-order valence-electron chi connectivity index (χ2n) is 0.612. The van der Waals surface area contributed by atoms with Gasteiger partial charge in [-0.3, -0.25) is 5.32 Å². The zero-order valence-corrected chi connectivity index (χ0v) is 2.94. The van der Waals surface area contributed by atoms with Crippen molar-refractivity contribution in [2.75, 3.05) is 13.4 Å². The molecule has 0 rings (SSSR count). The fourth-order valence-corrected chi connectivity index (χ4v) is 0.0645. The second-order valence-corrected chi connectivity index (χ2v) is 0.612. The van der Waals surface area contributed by atoms with Crippen molar-refractivity contribution in [2.24, 2.45) is 5.73 Å². The van der Waals surface area contributed by atoms with Crippen LogP contribution in [0, 0.1) is 0 Å². The highest BCUT2D eigenvalue weighted by atomic mass is 16.3. The third-order valence-electron chi connectivity index (χ3n) is 0.256. The number of aliphatic hydroxyl groups is 1. The van der Waals surface area contributed by atoms with Gasteiger partial charge in [-0.25, -0.2) is 0 Å². The summed E-state index contributed by atoms with van der Waals surface area (Å²) in [5.74, 6) is 0. The number of hydrogen-bond acceptors (Lipinski definition) is 3. The molecule has 0 amide bonds. The molecule has 4 N–H and O–H groups in total. The lowest BCUT2D eigenvalue weighted by Crippen LogP contribution is -2.22. The zero-order chi connectivity index (χ0) is 4.12. The van der Waals surface area contributed by atoms with E-state index in [0.29, 0.717) is 6.67 Å². The first-order chi connectivity index (χ1) is 2.41. The SMILES string of the molecule is NCNCO. The van der Waals surface area contributed by atoms with Crippen LogP contribution in [0.1, 0.15) is 0 Å². The molecule has 5 heavy (non-hydrogen) atoms. The third-order valence-corrected chi connectivity index (χ3v) is 0.256. The van der Waals surface area contributed by atoms with Gasteiger partial charge in [-0.2, -0.15) is 0 Å². The number of hydrogen-bond donors (Lipinski definition) is 3. The molecule has 0 aliphatic rings. The van der Waals surface area contributed by atoms with E-state index in [0.717, 1.165) is 0 Å². The maximum atomic E-state index is 7.88. The highest BCUT2D eigenvalue weighted by Crippen LogP contribution is 1.32. The summed E-state index contributed by atoms with van der Waals surface area (Å²) >= 11 is 0. The van der Waals surface area contributed by atoms with Crippen LogP contribution in [0.3, 0.4) is 0 Å². The van der Waals surface area contributed by atoms with Gasteiger partial charge in [-0.1, -0.05) is 0 Å². The van der Waals surface area contributed by atoms with E-state index in [-0.39, 0.29) is 6.73 Å². The molecule has 0 aromatic carbocycles. The number of aliphatic hydroxyl groups excluding tert-OH is 1. The second kappa shape index (κ2) is 3.88. The van der Waals surface area contributed by atoms with Gasteiger partial charge in [0, 0.05) is 6.67 Å². The monoisotopic (exact) mass is 76.1 g/mol. The molecule has 0 heterocycles. The van der Waals surface area contributed by atoms with Crippen LogP contribution in [-0.4, -0.2) is 18.5 Å². The Morgan fingerprint density at radius 3 is 2.40 bits per heavy atom. The Morgan fingerprint density at radius 2 is 2.40 bits per heavy atom. The highest BCUT2D eigenvalue weighted by molar-refractivity contribution is 4.18. The summed E-state index contributed by atoms with van der Waals surface area (Å²) in [6.07, 6.45) is 0. The van der Waals surface area contributed by atoms with Crippen LogP contribution in [0.25, 0.3) is 0 Å². The van der Waals surface area contributed by atoms with Crippen LogP contribution in [0.5, 0.6) is 0 Å². The van der Waals surface area contributed by atoms with Gasteiger partial charge in [0.15, 0.2) is 0 Å². The van der Waals surface area contributed by atoms with E-state index in [1.54, 1.807) is 0 Å². The van der Waals surface area contributed by atoms with Crippen molar-refractivity contribution in [3.8, 4) is 0 Å². The van der Waals surface area contributed by atoms with Gasteiger partial charge in [0.25, 0.3) is 0 Å². The first-order valence-corrected chi connectivity index (χ1v) is 1.43. The van der Waals surface area contributed by atoms with Crippen molar-refractivity contribution < 1.29 is 5.11 Å². The Bertz CT molecular complexity index is 15.1. The Morgan fingerprint density at radius 1 is 1.80 bits per heavy atom. The van der Waals surface area contributed by atoms with Crippen LogP contribution in [0.2, 0.25) is 0 Å². The van der Waals surface area contributed by atoms with E-state index >= 15 is 0 Å². The molecule has 3 nitrogen and oxygen atoms in total. The van der Waals surface area contributed by atoms with Crippen molar-refractivity contribution in [1.82, 2.24) is 5.32 Å². The predicted molar refractivity (Wildman–Crippen MR) is 19.3 cm³/mol. The van der Waals surface area contributed by atoms with E-state index in [4.69, 9.17) is 10.8 Å². The molecule has 0 saturated carbocycles. The maximum absolute atomic E-state index is 7.88. The summed E-state index contributed by atoms with van der Waals surface area (Å²) in [4.78, 5) is 0. The highest BCUT2D eigenvalue weighted by Gasteiger charge is 1.63. The van der Waals surface area contributed by atoms with Crippen LogP contribution in [0.15, 0.2) is 0 Å². The molecule has 0 radical (unpaired) electrons. The minimum atomic E-state index is -0.0312. The molecule has 32 valence electrons. The van der Waals surface area contributed by atoms with Gasteiger partial charge in [0.05, 0.1) is 6.73 Å². The average Bonchev–Trinajstić information content (AvgIpc) is 1.41. The van der Waals surface area contributed by atoms with E-state index in [9.17, 15) is 0 Å². The summed E-state index contributed by atoms with van der Waals surface area (Å²) < 4.78 is 0. The molecule has 0 atom stereocenters. The molecule has 3 heteroatoms. The number of nitrogens with one attached hydrogen (secondary N) is 1. The molecular formula is C2H8N2O. The van der Waals surface area contributed by atoms with Crippen molar-refractivity contribution in [1.29, 1.82) is 0 Å². The van der Waals surface area contributed by atoms with Gasteiger partial charge in [-0.05, 0) is 0 Å². The Kier molecular flexibility index (Phi) is 3.79. The molecule has 0 fully saturated rings. The number of rotatable bonds is 2. The zero-order valence-electron chi connectivity index (χ0n) is 2.94. The summed E-state index contributed by atoms with van der Waals surface area (Å²) in [5, 5.41) is 10.3. The van der Waals surface area contributed by atoms with Crippen molar-refractivity contribution in [3.63, 3.8) is 0 Å². The van der Waals surface area contributed by atoms with E-state index in [1.807, 2.05) is 0 Å². The lowest BCUT2D eigenvalue weighted by Gasteiger charge is -1.86. The average molecular weight is 76.1 g/mol. The van der Waals surface area contributed by atoms with Crippen LogP contribution in [0.4, 0.5) is 0 Å². The Labute approximate surface area is 30.8 Å². The van der Waals surface area contributed by atoms with Gasteiger partial charge < -0.3 is 10.8 Å². The smallest absolute Gasteiger partial charge is 0.0941 e. The summed E-state index contributed by atoms with van der Waals surface area (Å²) in [6, 6.07) is 0. The lowest BCUT2D eigenvalue weighted by atomic mass is 11.1. The molecular weight excluding hydrogens is 68.0 g/mol. The van der Waals surface area contributed by atoms with Gasteiger partial charge in [-0.15, -0.1) is 0 Å². The summed E-state index contributed by atoms with van der Waals surface area (Å²) in [6.45, 7) is 0.312. The number of nitrogens with two attached hydrogens (primary N) is 1. The fraction of sp³-hybridized carbons (Fsp3) is 1.00. The van der Waals surface area contributed by atoms with Crippen LogP contribution < -0.4 is 11.1 Å². The largest absolute Gasteiger partial charge is 0.381 e. The topological polar surface area (TPSA) is 58.3 Å². The molecule has 0 unspecified atom stereocenters. The summed E-state index contributed by atoms with van der Waals surface area (Å²) in [7, 11) is 0. The van der Waals surface area contributed by atoms with Crippen molar-refractivity contribution in [2.45, 2.75) is 0 Å². The minimum Gasteiger partial charge on any atom is -0.381 e. The molecule has 0 aromatic rings. The molecule has 0 aliphatic carbocycles. The third kappa shape index (κ3) is 3.88. The van der Waals surface area contributed by atoms with E-state index in [2.05, 4.69) is 5.32 Å². The standard InChI is InChI=1S/C2H8N2O/c3-1-4-2-5/h4-5H,1-3H2. The molecule has 0 saturated heterocycles. The quantitative estimate of drug-likeness (QED) is 0.349. The first kappa shape index (κ1) is 4.88. The van der Waals surface area contributed by atoms with Crippen molar-refractivity contribution in [3.05, 3.63) is 0 Å². The Hall–Kier alpha value is -0.120. The van der Waals surface area contributed by atoms with E-state index in [1.165, 1.54) is 0 Å². The predicted octanol–water partition coefficient (Wildman–Crippen LogP) is -1.56. The molecule has 0 aliphatic heterocycles. The van der Waals surface area contributed by atoms with E-state index < -0.39 is 0 Å². The Balaban J connectivity index is 2.19. The molecule has 0 aromatic heterocycles. The minimum absolute atomic E-state index is 0.0312. The lowest BCUT2D eigenvalue weighted by molar-refractivity contribution is 0.263. The first-order valence-electron chi connectivity index (χ1n) is 1.43. The van der Waals surface area contributed by atoms with Gasteiger partial charge in [0.2, 0.25) is 0 Å². The fourth-order valence-electron chi connectivity index (χ4n) is 0.0645. The molecule has 0 bridgehead atoms. The van der Waals surface area contributed by atoms with Crippen LogP contribution >= 0.6 is 0 Å². The van der Waals surface area contributed by atoms with Gasteiger partial charge in [0.1, 0.15) is 0 Å². The summed E-state index contributed by atoms with van der Waals surface area (Å²) in [5.41, 5.74) is 4.87. The van der Waals surface area contributed by atoms with Gasteiger partial charge >= 0.3 is 0 Å². The normalized spacial score (nSPS) is 8.40. The van der Waals surface area contributed by atoms with Crippen molar-refractivity contribution >= 4 is 0 Å².